The average molecular weight is 426 g/mol. The van der Waals surface area contributed by atoms with Crippen molar-refractivity contribution in [3.05, 3.63) is 47.5 Å². The zero-order chi connectivity index (χ0) is 20.9. The van der Waals surface area contributed by atoms with Crippen LogP contribution in [0.4, 0.5) is 0 Å². The second kappa shape index (κ2) is 8.87. The van der Waals surface area contributed by atoms with Crippen LogP contribution in [0, 0.1) is 0 Å². The summed E-state index contributed by atoms with van der Waals surface area (Å²) in [6.07, 6.45) is 2.27. The normalized spacial score (nSPS) is 10.9. The zero-order valence-corrected chi connectivity index (χ0v) is 16.4. The Hall–Kier alpha value is -2.89. The maximum atomic E-state index is 12.8. The molecule has 0 radical (unpaired) electrons. The van der Waals surface area contributed by atoms with E-state index >= 15 is 0 Å². The number of fused-ring (bicyclic) bond motifs is 1. The number of nitrogens with zero attached hydrogens (tertiary/aromatic N) is 1. The summed E-state index contributed by atoms with van der Waals surface area (Å²) in [5.74, 6) is -2.96. The standard InChI is InChI=1S/C15H16N2O3S2.C2H2O4/c1-20-12-4-5-14-13(9-12)11(6-7-16)10-17(14)22(18,19)15-3-2-8-21-15;3-1(4)2(5)6/h2-5,8-10H,6-7,16H2,1H3;(H,3,4)(H,5,6). The van der Waals surface area contributed by atoms with E-state index in [9.17, 15) is 8.42 Å². The van der Waals surface area contributed by atoms with Gasteiger partial charge < -0.3 is 20.7 Å². The lowest BCUT2D eigenvalue weighted by Crippen LogP contribution is -2.10. The Morgan fingerprint density at radius 1 is 1.21 bits per heavy atom. The minimum absolute atomic E-state index is 0.319. The Kier molecular flexibility index (Phi) is 6.78. The monoisotopic (exact) mass is 426 g/mol. The maximum absolute atomic E-state index is 12.8. The van der Waals surface area contributed by atoms with Crippen molar-refractivity contribution in [1.82, 2.24) is 3.97 Å². The molecule has 2 heterocycles. The first-order valence-corrected chi connectivity index (χ1v) is 10.2. The highest BCUT2D eigenvalue weighted by molar-refractivity contribution is 7.92. The number of hydrogen-bond acceptors (Lipinski definition) is 7. The smallest absolute Gasteiger partial charge is 0.414 e. The molecule has 0 aliphatic carbocycles. The molecule has 0 saturated heterocycles. The van der Waals surface area contributed by atoms with Gasteiger partial charge in [-0.15, -0.1) is 11.3 Å². The summed E-state index contributed by atoms with van der Waals surface area (Å²) in [5, 5.41) is 17.4. The third-order valence-corrected chi connectivity index (χ3v) is 6.71. The molecule has 0 spiro atoms. The van der Waals surface area contributed by atoms with Crippen LogP contribution in [-0.4, -0.2) is 48.2 Å². The summed E-state index contributed by atoms with van der Waals surface area (Å²) >= 11 is 1.21. The molecule has 4 N–H and O–H groups in total. The number of ether oxygens (including phenoxy) is 1. The van der Waals surface area contributed by atoms with Crippen molar-refractivity contribution in [2.45, 2.75) is 10.6 Å². The summed E-state index contributed by atoms with van der Waals surface area (Å²) in [6.45, 7) is 0.454. The zero-order valence-electron chi connectivity index (χ0n) is 14.7. The Morgan fingerprint density at radius 2 is 1.89 bits per heavy atom. The molecule has 28 heavy (non-hydrogen) atoms. The van der Waals surface area contributed by atoms with Crippen LogP contribution in [0.2, 0.25) is 0 Å². The third-order valence-electron chi connectivity index (χ3n) is 3.67. The number of aliphatic carboxylic acids is 2. The molecule has 2 aromatic heterocycles. The predicted octanol–water partition coefficient (Wildman–Crippen LogP) is 1.61. The van der Waals surface area contributed by atoms with Gasteiger partial charge in [-0.25, -0.2) is 13.6 Å². The molecule has 0 amide bonds. The molecule has 11 heteroatoms. The first-order chi connectivity index (χ1) is 13.2. The lowest BCUT2D eigenvalue weighted by atomic mass is 10.1. The SMILES string of the molecule is COc1ccc2c(c1)c(CCN)cn2S(=O)(=O)c1cccs1.O=C(O)C(=O)O. The second-order valence-corrected chi connectivity index (χ2v) is 8.41. The Morgan fingerprint density at radius 3 is 2.39 bits per heavy atom. The van der Waals surface area contributed by atoms with Crippen LogP contribution in [-0.2, 0) is 26.0 Å². The number of nitrogens with two attached hydrogens (primary N) is 1. The number of hydrogen-bond donors (Lipinski definition) is 3. The highest BCUT2D eigenvalue weighted by atomic mass is 32.2. The third kappa shape index (κ3) is 4.50. The molecular formula is C17H18N2O7S2. The summed E-state index contributed by atoms with van der Waals surface area (Å²) in [7, 11) is -2.00. The molecule has 1 aromatic carbocycles. The Bertz CT molecular complexity index is 1070. The van der Waals surface area contributed by atoms with Gasteiger partial charge in [-0.1, -0.05) is 6.07 Å². The highest BCUT2D eigenvalue weighted by Crippen LogP contribution is 2.30. The number of carbonyl (C=O) groups is 2. The highest BCUT2D eigenvalue weighted by Gasteiger charge is 2.22. The van der Waals surface area contributed by atoms with Gasteiger partial charge in [0, 0.05) is 11.6 Å². The first-order valence-electron chi connectivity index (χ1n) is 7.85. The Labute approximate surface area is 164 Å². The summed E-state index contributed by atoms with van der Waals surface area (Å²) < 4.78 is 32.5. The number of methoxy groups -OCH3 is 1. The van der Waals surface area contributed by atoms with Crippen molar-refractivity contribution >= 4 is 44.2 Å². The van der Waals surface area contributed by atoms with Crippen molar-refractivity contribution in [2.75, 3.05) is 13.7 Å². The van der Waals surface area contributed by atoms with Gasteiger partial charge in [0.1, 0.15) is 9.96 Å². The molecule has 150 valence electrons. The van der Waals surface area contributed by atoms with Crippen LogP contribution in [0.1, 0.15) is 5.56 Å². The fourth-order valence-electron chi connectivity index (χ4n) is 2.43. The van der Waals surface area contributed by atoms with E-state index in [0.29, 0.717) is 28.4 Å². The van der Waals surface area contributed by atoms with Crippen LogP contribution >= 0.6 is 11.3 Å². The van der Waals surface area contributed by atoms with E-state index in [4.69, 9.17) is 30.3 Å². The van der Waals surface area contributed by atoms with E-state index in [1.165, 1.54) is 15.3 Å². The number of thiophene rings is 1. The number of carboxylic acids is 2. The molecule has 0 bridgehead atoms. The Balaban J connectivity index is 0.000000409. The van der Waals surface area contributed by atoms with E-state index in [0.717, 1.165) is 10.9 Å². The molecule has 0 saturated carbocycles. The van der Waals surface area contributed by atoms with Crippen molar-refractivity contribution in [2.24, 2.45) is 5.73 Å². The van der Waals surface area contributed by atoms with Crippen molar-refractivity contribution < 1.29 is 33.0 Å². The first kappa shape index (κ1) is 21.4. The molecule has 0 unspecified atom stereocenters. The summed E-state index contributed by atoms with van der Waals surface area (Å²) in [4.78, 5) is 18.2. The molecule has 0 aliphatic heterocycles. The number of rotatable bonds is 5. The van der Waals surface area contributed by atoms with Crippen LogP contribution in [0.3, 0.4) is 0 Å². The van der Waals surface area contributed by atoms with E-state index < -0.39 is 22.0 Å². The van der Waals surface area contributed by atoms with Crippen molar-refractivity contribution in [1.29, 1.82) is 0 Å². The van der Waals surface area contributed by atoms with Crippen molar-refractivity contribution in [3.63, 3.8) is 0 Å². The van der Waals surface area contributed by atoms with Gasteiger partial charge in [-0.05, 0) is 48.2 Å². The van der Waals surface area contributed by atoms with Crippen LogP contribution in [0.5, 0.6) is 5.75 Å². The van der Waals surface area contributed by atoms with Crippen molar-refractivity contribution in [3.8, 4) is 5.75 Å². The summed E-state index contributed by atoms with van der Waals surface area (Å²) in [5.41, 5.74) is 7.18. The minimum Gasteiger partial charge on any atom is -0.497 e. The second-order valence-electron chi connectivity index (χ2n) is 5.42. The van der Waals surface area contributed by atoms with Crippen LogP contribution in [0.25, 0.3) is 10.9 Å². The van der Waals surface area contributed by atoms with E-state index in [1.807, 2.05) is 6.07 Å². The van der Waals surface area contributed by atoms with E-state index in [2.05, 4.69) is 0 Å². The number of aromatic nitrogens is 1. The van der Waals surface area contributed by atoms with Gasteiger partial charge in [0.2, 0.25) is 0 Å². The van der Waals surface area contributed by atoms with E-state index in [1.54, 1.807) is 43.0 Å². The fraction of sp³-hybridized carbons (Fsp3) is 0.176. The maximum Gasteiger partial charge on any atom is 0.414 e. The fourth-order valence-corrected chi connectivity index (χ4v) is 4.90. The largest absolute Gasteiger partial charge is 0.497 e. The molecule has 0 fully saturated rings. The molecule has 3 rings (SSSR count). The molecule has 0 aliphatic rings. The summed E-state index contributed by atoms with van der Waals surface area (Å²) in [6, 6.07) is 8.71. The number of carboxylic acid groups (broad SMARTS) is 2. The predicted molar refractivity (Wildman–Crippen MR) is 103 cm³/mol. The average Bonchev–Trinajstić information content (AvgIpc) is 3.31. The lowest BCUT2D eigenvalue weighted by Gasteiger charge is -2.06. The minimum atomic E-state index is -3.59. The van der Waals surface area contributed by atoms with Crippen LogP contribution < -0.4 is 10.5 Å². The molecular weight excluding hydrogens is 408 g/mol. The van der Waals surface area contributed by atoms with Gasteiger partial charge in [0.05, 0.1) is 12.6 Å². The van der Waals surface area contributed by atoms with Gasteiger partial charge in [-0.2, -0.15) is 8.42 Å². The topological polar surface area (TPSA) is 149 Å². The molecule has 3 aromatic rings. The quantitative estimate of drug-likeness (QED) is 0.521. The number of benzene rings is 1. The molecule has 9 nitrogen and oxygen atoms in total. The van der Waals surface area contributed by atoms with Gasteiger partial charge >= 0.3 is 11.9 Å². The lowest BCUT2D eigenvalue weighted by molar-refractivity contribution is -0.159. The van der Waals surface area contributed by atoms with Gasteiger partial charge in [-0.3, -0.25) is 0 Å². The van der Waals surface area contributed by atoms with Gasteiger partial charge in [0.25, 0.3) is 10.0 Å². The molecule has 0 atom stereocenters. The van der Waals surface area contributed by atoms with E-state index in [-0.39, 0.29) is 0 Å². The van der Waals surface area contributed by atoms with Gasteiger partial charge in [0.15, 0.2) is 0 Å². The van der Waals surface area contributed by atoms with Crippen LogP contribution in [0.15, 0.2) is 46.1 Å².